The van der Waals surface area contributed by atoms with Crippen LogP contribution in [0.5, 0.6) is 0 Å². The fourth-order valence-electron chi connectivity index (χ4n) is 4.34. The van der Waals surface area contributed by atoms with Crippen LogP contribution in [0.2, 0.25) is 0 Å². The molecule has 2 aromatic carbocycles. The van der Waals surface area contributed by atoms with Gasteiger partial charge in [0.05, 0.1) is 43.2 Å². The highest BCUT2D eigenvalue weighted by atomic mass is 32.2. The quantitative estimate of drug-likeness (QED) is 0.179. The molecule has 12 nitrogen and oxygen atoms in total. The number of hydrogen-bond donors (Lipinski definition) is 4. The monoisotopic (exact) mass is 593 g/mol. The average molecular weight is 594 g/mol. The van der Waals surface area contributed by atoms with Gasteiger partial charge in [0.25, 0.3) is 0 Å². The van der Waals surface area contributed by atoms with E-state index in [1.165, 1.54) is 7.11 Å². The van der Waals surface area contributed by atoms with Crippen LogP contribution in [0.1, 0.15) is 32.5 Å². The highest BCUT2D eigenvalue weighted by Gasteiger charge is 2.17. The van der Waals surface area contributed by atoms with Crippen molar-refractivity contribution in [1.29, 1.82) is 0 Å². The third kappa shape index (κ3) is 7.97. The second-order valence-electron chi connectivity index (χ2n) is 9.63. The Bertz CT molecular complexity index is 1600. The molecule has 4 N–H and O–H groups in total. The summed E-state index contributed by atoms with van der Waals surface area (Å²) in [6.07, 6.45) is 3.97. The van der Waals surface area contributed by atoms with Crippen LogP contribution >= 0.6 is 0 Å². The molecule has 0 aliphatic carbocycles. The van der Waals surface area contributed by atoms with Crippen molar-refractivity contribution in [1.82, 2.24) is 30.2 Å². The smallest absolute Gasteiger partial charge is 0.407 e. The predicted octanol–water partition coefficient (Wildman–Crippen LogP) is 4.38. The summed E-state index contributed by atoms with van der Waals surface area (Å²) in [7, 11) is -2.17. The molecule has 222 valence electrons. The number of aromatic amines is 2. The first-order valence-electron chi connectivity index (χ1n) is 13.6. The van der Waals surface area contributed by atoms with E-state index >= 15 is 0 Å². The molecule has 0 radical (unpaired) electrons. The molecule has 0 aliphatic heterocycles. The Balaban J connectivity index is 1.39. The van der Waals surface area contributed by atoms with Crippen LogP contribution in [-0.4, -0.2) is 71.2 Å². The van der Waals surface area contributed by atoms with E-state index in [1.807, 2.05) is 55.5 Å². The number of benzene rings is 2. The zero-order chi connectivity index (χ0) is 30.1. The van der Waals surface area contributed by atoms with E-state index < -0.39 is 16.1 Å². The van der Waals surface area contributed by atoms with Crippen LogP contribution in [0.25, 0.3) is 33.6 Å². The number of methoxy groups -OCH3 is 1. The highest BCUT2D eigenvalue weighted by molar-refractivity contribution is 7.92. The lowest BCUT2D eigenvalue weighted by Crippen LogP contribution is -2.40. The molecule has 0 saturated heterocycles. The Labute approximate surface area is 245 Å². The molecule has 2 aromatic heterocycles. The predicted molar refractivity (Wildman–Crippen MR) is 161 cm³/mol. The Hall–Kier alpha value is -4.65. The first kappa shape index (κ1) is 30.3. The van der Waals surface area contributed by atoms with Crippen molar-refractivity contribution >= 4 is 28.0 Å². The Morgan fingerprint density at radius 1 is 0.857 bits per heavy atom. The van der Waals surface area contributed by atoms with Gasteiger partial charge in [0, 0.05) is 6.54 Å². The molecule has 0 unspecified atom stereocenters. The summed E-state index contributed by atoms with van der Waals surface area (Å²) >= 11 is 0. The molecule has 42 heavy (non-hydrogen) atoms. The maximum Gasteiger partial charge on any atom is 0.407 e. The second-order valence-corrected chi connectivity index (χ2v) is 11.5. The molecule has 4 aromatic rings. The summed E-state index contributed by atoms with van der Waals surface area (Å²) in [4.78, 5) is 40.4. The molecule has 0 fully saturated rings. The van der Waals surface area contributed by atoms with Crippen molar-refractivity contribution in [3.63, 3.8) is 0 Å². The largest absolute Gasteiger partial charge is 0.453 e. The van der Waals surface area contributed by atoms with Crippen molar-refractivity contribution < 1.29 is 22.7 Å². The standard InChI is InChI=1S/C29H35N7O5S/c1-4-14-36(27(37)18-32-29(38)41-3)19-26-30-16-24(33-26)22-10-6-20(7-11-22)21-8-12-23(13-9-21)25-17-31-28(34-25)35-42(39,40)15-5-2/h6-13,16-17H,4-5,14-15,18-19H2,1-3H3,(H,30,33)(H,32,38)(H2,31,34,35). The molecular weight excluding hydrogens is 558 g/mol. The van der Waals surface area contributed by atoms with Gasteiger partial charge < -0.3 is 24.9 Å². The number of amides is 2. The van der Waals surface area contributed by atoms with Gasteiger partial charge in [-0.15, -0.1) is 0 Å². The third-order valence-corrected chi connectivity index (χ3v) is 7.86. The van der Waals surface area contributed by atoms with Gasteiger partial charge >= 0.3 is 6.09 Å². The molecule has 2 heterocycles. The van der Waals surface area contributed by atoms with E-state index in [0.29, 0.717) is 31.0 Å². The molecular formula is C29H35N7O5S. The number of ether oxygens (including phenoxy) is 1. The number of anilines is 1. The van der Waals surface area contributed by atoms with Gasteiger partial charge in [-0.3, -0.25) is 9.52 Å². The van der Waals surface area contributed by atoms with Crippen molar-refractivity contribution in [3.8, 4) is 33.6 Å². The molecule has 4 rings (SSSR count). The number of sulfonamides is 1. The van der Waals surface area contributed by atoms with Crippen molar-refractivity contribution in [2.45, 2.75) is 33.2 Å². The summed E-state index contributed by atoms with van der Waals surface area (Å²) < 4.78 is 31.0. The van der Waals surface area contributed by atoms with E-state index in [4.69, 9.17) is 0 Å². The maximum absolute atomic E-state index is 12.6. The fraction of sp³-hybridized carbons (Fsp3) is 0.310. The minimum Gasteiger partial charge on any atom is -0.453 e. The molecule has 0 atom stereocenters. The number of nitrogens with one attached hydrogen (secondary N) is 4. The van der Waals surface area contributed by atoms with Crippen LogP contribution < -0.4 is 10.0 Å². The zero-order valence-electron chi connectivity index (χ0n) is 23.8. The van der Waals surface area contributed by atoms with E-state index in [2.05, 4.69) is 34.7 Å². The summed E-state index contributed by atoms with van der Waals surface area (Å²) in [5.74, 6) is 0.652. The highest BCUT2D eigenvalue weighted by Crippen LogP contribution is 2.27. The average Bonchev–Trinajstić information content (AvgIpc) is 3.65. The number of rotatable bonds is 13. The van der Waals surface area contributed by atoms with Gasteiger partial charge in [-0.2, -0.15) is 0 Å². The number of aromatic nitrogens is 4. The number of carbonyl (C=O) groups excluding carboxylic acids is 2. The number of carbonyl (C=O) groups is 2. The van der Waals surface area contributed by atoms with Crippen LogP contribution in [0.3, 0.4) is 0 Å². The number of hydrogen-bond acceptors (Lipinski definition) is 7. The number of H-pyrrole nitrogens is 2. The van der Waals surface area contributed by atoms with Gasteiger partial charge in [0.15, 0.2) is 0 Å². The van der Waals surface area contributed by atoms with Gasteiger partial charge in [-0.25, -0.2) is 23.2 Å². The first-order chi connectivity index (χ1) is 20.2. The van der Waals surface area contributed by atoms with Crippen molar-refractivity contribution in [2.24, 2.45) is 0 Å². The minimum atomic E-state index is -3.42. The zero-order valence-corrected chi connectivity index (χ0v) is 24.6. The summed E-state index contributed by atoms with van der Waals surface area (Å²) in [6.45, 7) is 4.46. The molecule has 0 bridgehead atoms. The van der Waals surface area contributed by atoms with E-state index in [-0.39, 0.29) is 24.2 Å². The maximum atomic E-state index is 12.6. The SMILES string of the molecule is CCCN(Cc1ncc(-c2ccc(-c3ccc(-c4cnc(NS(=O)(=O)CCC)[nH]4)cc3)cc2)[nH]1)C(=O)CNC(=O)OC. The van der Waals surface area contributed by atoms with Crippen LogP contribution in [0.15, 0.2) is 60.9 Å². The summed E-state index contributed by atoms with van der Waals surface area (Å²) in [6, 6.07) is 15.9. The molecule has 13 heteroatoms. The molecule has 0 spiro atoms. The lowest BCUT2D eigenvalue weighted by molar-refractivity contribution is -0.130. The fourth-order valence-corrected chi connectivity index (χ4v) is 5.37. The van der Waals surface area contributed by atoms with Gasteiger partial charge in [-0.05, 0) is 35.1 Å². The Morgan fingerprint density at radius 3 is 2.00 bits per heavy atom. The Morgan fingerprint density at radius 2 is 1.43 bits per heavy atom. The molecule has 0 saturated carbocycles. The minimum absolute atomic E-state index is 0.0360. The van der Waals surface area contributed by atoms with Gasteiger partial charge in [0.1, 0.15) is 12.4 Å². The van der Waals surface area contributed by atoms with Crippen LogP contribution in [0, 0.1) is 0 Å². The lowest BCUT2D eigenvalue weighted by atomic mass is 10.0. The van der Waals surface area contributed by atoms with E-state index in [1.54, 1.807) is 24.2 Å². The van der Waals surface area contributed by atoms with Crippen molar-refractivity contribution in [2.75, 3.05) is 30.7 Å². The summed E-state index contributed by atoms with van der Waals surface area (Å²) in [5.41, 5.74) is 5.41. The third-order valence-electron chi connectivity index (χ3n) is 6.41. The van der Waals surface area contributed by atoms with Crippen LogP contribution in [0.4, 0.5) is 10.7 Å². The normalized spacial score (nSPS) is 11.2. The van der Waals surface area contributed by atoms with E-state index in [0.717, 1.165) is 34.4 Å². The van der Waals surface area contributed by atoms with Crippen LogP contribution in [-0.2, 0) is 26.1 Å². The second kappa shape index (κ2) is 13.8. The van der Waals surface area contributed by atoms with Gasteiger partial charge in [0.2, 0.25) is 21.9 Å². The summed E-state index contributed by atoms with van der Waals surface area (Å²) in [5, 5.41) is 2.42. The Kier molecular flexibility index (Phi) is 9.97. The number of nitrogens with zero attached hydrogens (tertiary/aromatic N) is 3. The molecule has 0 aliphatic rings. The van der Waals surface area contributed by atoms with Gasteiger partial charge in [-0.1, -0.05) is 62.4 Å². The first-order valence-corrected chi connectivity index (χ1v) is 15.3. The molecule has 2 amide bonds. The van der Waals surface area contributed by atoms with Crippen molar-refractivity contribution in [3.05, 3.63) is 66.7 Å². The lowest BCUT2D eigenvalue weighted by Gasteiger charge is -2.21. The number of alkyl carbamates (subject to hydrolysis) is 1. The number of imidazole rings is 2. The topological polar surface area (TPSA) is 162 Å². The van der Waals surface area contributed by atoms with E-state index in [9.17, 15) is 18.0 Å².